The van der Waals surface area contributed by atoms with E-state index in [4.69, 9.17) is 0 Å². The number of methoxy groups -OCH3 is 1. The normalized spacial score (nSPS) is 18.5. The summed E-state index contributed by atoms with van der Waals surface area (Å²) in [4.78, 5) is 29.0. The molecule has 0 saturated carbocycles. The number of halogens is 3. The van der Waals surface area contributed by atoms with Gasteiger partial charge in [-0.15, -0.1) is 0 Å². The predicted octanol–water partition coefficient (Wildman–Crippen LogP) is 3.35. The Hall–Kier alpha value is -2.29. The predicted molar refractivity (Wildman–Crippen MR) is 83.6 cm³/mol. The number of amides is 1. The van der Waals surface area contributed by atoms with Gasteiger partial charge in [0.1, 0.15) is 0 Å². The number of carbonyl (C=O) groups is 2. The minimum absolute atomic E-state index is 0.0675. The molecule has 9 heteroatoms. The number of alkyl halides is 3. The molecule has 1 aromatic rings. The van der Waals surface area contributed by atoms with Gasteiger partial charge < -0.3 is 4.74 Å². The number of carbonyl (C=O) groups excluding carboxylic acids is 2. The highest BCUT2D eigenvalue weighted by Crippen LogP contribution is 2.35. The number of aliphatic imine (C=N–C) groups is 1. The number of esters is 1. The van der Waals surface area contributed by atoms with Gasteiger partial charge in [0.05, 0.1) is 23.3 Å². The van der Waals surface area contributed by atoms with Crippen molar-refractivity contribution in [3.8, 4) is 0 Å². The molecule has 1 fully saturated rings. The first-order chi connectivity index (χ1) is 11.3. The van der Waals surface area contributed by atoms with Crippen molar-refractivity contribution in [2.45, 2.75) is 13.1 Å². The van der Waals surface area contributed by atoms with E-state index in [0.717, 1.165) is 30.0 Å². The average molecular weight is 358 g/mol. The smallest absolute Gasteiger partial charge is 0.416 e. The summed E-state index contributed by atoms with van der Waals surface area (Å²) in [5.41, 5.74) is -0.759. The molecule has 24 heavy (non-hydrogen) atoms. The minimum Gasteiger partial charge on any atom is -0.466 e. The van der Waals surface area contributed by atoms with Gasteiger partial charge in [0.15, 0.2) is 5.17 Å². The van der Waals surface area contributed by atoms with E-state index in [9.17, 15) is 22.8 Å². The lowest BCUT2D eigenvalue weighted by molar-refractivity contribution is -0.137. The second-order valence-corrected chi connectivity index (χ2v) is 5.63. The van der Waals surface area contributed by atoms with Crippen molar-refractivity contribution in [2.24, 2.45) is 4.99 Å². The third kappa shape index (κ3) is 3.97. The van der Waals surface area contributed by atoms with Crippen molar-refractivity contribution >= 4 is 34.5 Å². The van der Waals surface area contributed by atoms with Crippen molar-refractivity contribution in [1.82, 2.24) is 4.90 Å². The Morgan fingerprint density at radius 2 is 2.12 bits per heavy atom. The molecule has 1 aliphatic rings. The van der Waals surface area contributed by atoms with Crippen LogP contribution in [0.1, 0.15) is 12.5 Å². The Morgan fingerprint density at radius 1 is 1.42 bits per heavy atom. The first-order valence-electron chi connectivity index (χ1n) is 6.81. The number of benzene rings is 1. The van der Waals surface area contributed by atoms with Crippen molar-refractivity contribution in [3.05, 3.63) is 40.8 Å². The van der Waals surface area contributed by atoms with E-state index < -0.39 is 23.6 Å². The van der Waals surface area contributed by atoms with E-state index in [1.54, 1.807) is 6.92 Å². The quantitative estimate of drug-likeness (QED) is 0.614. The highest BCUT2D eigenvalue weighted by atomic mass is 32.2. The molecule has 5 nitrogen and oxygen atoms in total. The van der Waals surface area contributed by atoms with Gasteiger partial charge in [-0.3, -0.25) is 9.69 Å². The number of ether oxygens (including phenoxy) is 1. The van der Waals surface area contributed by atoms with Gasteiger partial charge in [0.25, 0.3) is 5.91 Å². The zero-order valence-corrected chi connectivity index (χ0v) is 13.6. The van der Waals surface area contributed by atoms with Gasteiger partial charge in [-0.1, -0.05) is 6.07 Å². The molecule has 1 saturated heterocycles. The van der Waals surface area contributed by atoms with Crippen LogP contribution in [0.15, 0.2) is 40.2 Å². The number of rotatable bonds is 3. The van der Waals surface area contributed by atoms with Crippen LogP contribution in [-0.4, -0.2) is 35.6 Å². The lowest BCUT2D eigenvalue weighted by Crippen LogP contribution is -2.28. The molecule has 1 heterocycles. The molecule has 0 spiro atoms. The van der Waals surface area contributed by atoms with E-state index in [1.807, 2.05) is 0 Å². The Balaban J connectivity index is 2.37. The highest BCUT2D eigenvalue weighted by molar-refractivity contribution is 8.18. The molecule has 0 N–H and O–H groups in total. The third-order valence-corrected chi connectivity index (χ3v) is 4.06. The highest BCUT2D eigenvalue weighted by Gasteiger charge is 2.34. The molecule has 0 unspecified atom stereocenters. The van der Waals surface area contributed by atoms with E-state index in [-0.39, 0.29) is 22.3 Å². The summed E-state index contributed by atoms with van der Waals surface area (Å²) < 4.78 is 42.7. The summed E-state index contributed by atoms with van der Waals surface area (Å²) in [5, 5.41) is 0.206. The summed E-state index contributed by atoms with van der Waals surface area (Å²) >= 11 is 0.909. The lowest BCUT2D eigenvalue weighted by atomic mass is 10.2. The summed E-state index contributed by atoms with van der Waals surface area (Å²) in [6.45, 7) is 1.96. The lowest BCUT2D eigenvalue weighted by Gasteiger charge is -2.12. The van der Waals surface area contributed by atoms with Crippen LogP contribution in [-0.2, 0) is 20.5 Å². The first-order valence-corrected chi connectivity index (χ1v) is 7.63. The number of nitrogens with zero attached hydrogens (tertiary/aromatic N) is 2. The Morgan fingerprint density at radius 3 is 2.71 bits per heavy atom. The van der Waals surface area contributed by atoms with Gasteiger partial charge in [-0.2, -0.15) is 13.2 Å². The molecule has 1 amide bonds. The van der Waals surface area contributed by atoms with Crippen LogP contribution in [0.3, 0.4) is 0 Å². The van der Waals surface area contributed by atoms with E-state index in [0.29, 0.717) is 0 Å². The average Bonchev–Trinajstić information content (AvgIpc) is 2.81. The fraction of sp³-hybridized carbons (Fsp3) is 0.267. The van der Waals surface area contributed by atoms with Crippen molar-refractivity contribution in [3.63, 3.8) is 0 Å². The summed E-state index contributed by atoms with van der Waals surface area (Å²) in [6, 6.07) is 4.49. The molecule has 1 aliphatic heterocycles. The van der Waals surface area contributed by atoms with Crippen molar-refractivity contribution in [1.29, 1.82) is 0 Å². The molecular weight excluding hydrogens is 345 g/mol. The van der Waals surface area contributed by atoms with Gasteiger partial charge in [-0.05, 0) is 36.9 Å². The maximum absolute atomic E-state index is 12.8. The molecule has 0 atom stereocenters. The number of thioether (sulfide) groups is 1. The monoisotopic (exact) mass is 358 g/mol. The number of hydrogen-bond acceptors (Lipinski definition) is 5. The molecule has 0 radical (unpaired) electrons. The van der Waals surface area contributed by atoms with Crippen LogP contribution in [0.5, 0.6) is 0 Å². The minimum atomic E-state index is -4.48. The van der Waals surface area contributed by atoms with Crippen molar-refractivity contribution < 1.29 is 27.5 Å². The van der Waals surface area contributed by atoms with E-state index in [2.05, 4.69) is 9.73 Å². The van der Waals surface area contributed by atoms with Crippen molar-refractivity contribution in [2.75, 3.05) is 13.7 Å². The number of hydrogen-bond donors (Lipinski definition) is 0. The Kier molecular flexibility index (Phi) is 5.33. The zero-order valence-electron chi connectivity index (χ0n) is 12.8. The standard InChI is InChI=1S/C15H13F3N2O3S/c1-3-20-13(22)11(8-12(21)23-2)24-14(20)19-10-6-4-5-9(7-10)15(16,17)18/h4-8H,3H2,1-2H3. The second-order valence-electron chi connectivity index (χ2n) is 4.63. The van der Waals surface area contributed by atoms with Crippen LogP contribution in [0, 0.1) is 0 Å². The SMILES string of the molecule is CCN1C(=O)C(=CC(=O)OC)SC1=Nc1cccc(C(F)(F)F)c1. The van der Waals surface area contributed by atoms with Crippen LogP contribution in [0.4, 0.5) is 18.9 Å². The molecule has 1 aromatic carbocycles. The number of likely N-dealkylation sites (N-methyl/N-ethyl adjacent to an activating group) is 1. The van der Waals surface area contributed by atoms with Crippen LogP contribution >= 0.6 is 11.8 Å². The maximum atomic E-state index is 12.8. The summed E-state index contributed by atoms with van der Waals surface area (Å²) in [7, 11) is 1.18. The van der Waals surface area contributed by atoms with Crippen LogP contribution in [0.2, 0.25) is 0 Å². The molecule has 128 valence electrons. The van der Waals surface area contributed by atoms with Gasteiger partial charge >= 0.3 is 12.1 Å². The van der Waals surface area contributed by atoms with E-state index in [1.165, 1.54) is 24.1 Å². The summed E-state index contributed by atoms with van der Waals surface area (Å²) in [6.07, 6.45) is -3.44. The first kappa shape index (κ1) is 18.1. The third-order valence-electron chi connectivity index (χ3n) is 3.05. The molecule has 0 aliphatic carbocycles. The van der Waals surface area contributed by atoms with Gasteiger partial charge in [0, 0.05) is 12.6 Å². The maximum Gasteiger partial charge on any atom is 0.416 e. The van der Waals surface area contributed by atoms with Gasteiger partial charge in [0.2, 0.25) is 0 Å². The fourth-order valence-electron chi connectivity index (χ4n) is 1.90. The largest absolute Gasteiger partial charge is 0.466 e. The molecular formula is C15H13F3N2O3S. The molecule has 2 rings (SSSR count). The van der Waals surface area contributed by atoms with Crippen LogP contribution < -0.4 is 0 Å². The Labute approximate surface area is 140 Å². The van der Waals surface area contributed by atoms with Gasteiger partial charge in [-0.25, -0.2) is 9.79 Å². The van der Waals surface area contributed by atoms with E-state index >= 15 is 0 Å². The molecule has 0 aromatic heterocycles. The Bertz CT molecular complexity index is 729. The summed E-state index contributed by atoms with van der Waals surface area (Å²) in [5.74, 6) is -1.14. The van der Waals surface area contributed by atoms with Crippen LogP contribution in [0.25, 0.3) is 0 Å². The number of amidine groups is 1. The second kappa shape index (κ2) is 7.08. The topological polar surface area (TPSA) is 59.0 Å². The zero-order chi connectivity index (χ0) is 17.9. The fourth-order valence-corrected chi connectivity index (χ4v) is 2.92. The molecule has 0 bridgehead atoms.